The van der Waals surface area contributed by atoms with Crippen LogP contribution >= 0.6 is 0 Å². The summed E-state index contributed by atoms with van der Waals surface area (Å²) in [5, 5.41) is 11.1. The third-order valence-corrected chi connectivity index (χ3v) is 6.05. The summed E-state index contributed by atoms with van der Waals surface area (Å²) in [7, 11) is 2.09. The van der Waals surface area contributed by atoms with Crippen molar-refractivity contribution in [3.8, 4) is 11.5 Å². The van der Waals surface area contributed by atoms with Gasteiger partial charge in [-0.1, -0.05) is 12.1 Å². The lowest BCUT2D eigenvalue weighted by atomic mass is 9.88. The molecule has 1 aliphatic rings. The highest BCUT2D eigenvalue weighted by Gasteiger charge is 2.32. The van der Waals surface area contributed by atoms with Gasteiger partial charge in [0.25, 0.3) is 0 Å². The SMILES string of the molecule is CC(C)Oc1ccc(CN2CCC(O)(CCN(C)c3ccc(OC(C)C)cc3)CC2)cc1. The number of rotatable bonds is 10. The number of ether oxygens (including phenoxy) is 2. The highest BCUT2D eigenvalue weighted by atomic mass is 16.5. The molecule has 1 aliphatic heterocycles. The van der Waals surface area contributed by atoms with Crippen LogP contribution in [0.15, 0.2) is 48.5 Å². The van der Waals surface area contributed by atoms with Crippen molar-refractivity contribution in [1.82, 2.24) is 4.90 Å². The van der Waals surface area contributed by atoms with Crippen molar-refractivity contribution < 1.29 is 14.6 Å². The average Bonchev–Trinajstić information content (AvgIpc) is 2.75. The Balaban J connectivity index is 1.43. The minimum Gasteiger partial charge on any atom is -0.491 e. The number of anilines is 1. The van der Waals surface area contributed by atoms with Crippen LogP contribution in [0.3, 0.4) is 0 Å². The Morgan fingerprint density at radius 3 is 1.88 bits per heavy atom. The normalized spacial score (nSPS) is 16.4. The van der Waals surface area contributed by atoms with Crippen molar-refractivity contribution in [3.05, 3.63) is 54.1 Å². The number of hydrogen-bond donors (Lipinski definition) is 1. The largest absolute Gasteiger partial charge is 0.491 e. The molecule has 0 spiro atoms. The van der Waals surface area contributed by atoms with E-state index in [1.165, 1.54) is 5.56 Å². The zero-order chi connectivity index (χ0) is 23.1. The number of aliphatic hydroxyl groups is 1. The molecular formula is C27H40N2O3. The number of hydrogen-bond acceptors (Lipinski definition) is 5. The fraction of sp³-hybridized carbons (Fsp3) is 0.556. The summed E-state index contributed by atoms with van der Waals surface area (Å²) in [5.74, 6) is 1.81. The number of benzene rings is 2. The molecule has 0 aromatic heterocycles. The van der Waals surface area contributed by atoms with Gasteiger partial charge in [-0.3, -0.25) is 4.90 Å². The molecule has 176 valence electrons. The van der Waals surface area contributed by atoms with Crippen molar-refractivity contribution in [3.63, 3.8) is 0 Å². The van der Waals surface area contributed by atoms with E-state index >= 15 is 0 Å². The predicted octanol–water partition coefficient (Wildman–Crippen LogP) is 5.11. The molecule has 0 aliphatic carbocycles. The fourth-order valence-electron chi connectivity index (χ4n) is 4.14. The maximum atomic E-state index is 11.1. The molecule has 1 N–H and O–H groups in total. The first kappa shape index (κ1) is 24.4. The molecule has 0 bridgehead atoms. The summed E-state index contributed by atoms with van der Waals surface area (Å²) >= 11 is 0. The molecule has 5 nitrogen and oxygen atoms in total. The summed E-state index contributed by atoms with van der Waals surface area (Å²) in [6, 6.07) is 16.6. The molecule has 0 saturated carbocycles. The van der Waals surface area contributed by atoms with Crippen LogP contribution in [0.4, 0.5) is 5.69 Å². The molecule has 0 radical (unpaired) electrons. The quantitative estimate of drug-likeness (QED) is 0.556. The molecule has 0 atom stereocenters. The highest BCUT2D eigenvalue weighted by molar-refractivity contribution is 5.48. The van der Waals surface area contributed by atoms with E-state index in [2.05, 4.69) is 41.1 Å². The number of nitrogens with zero attached hydrogens (tertiary/aromatic N) is 2. The van der Waals surface area contributed by atoms with E-state index < -0.39 is 5.60 Å². The monoisotopic (exact) mass is 440 g/mol. The van der Waals surface area contributed by atoms with Gasteiger partial charge in [0, 0.05) is 38.9 Å². The Bertz CT molecular complexity index is 810. The molecule has 5 heteroatoms. The first-order valence-electron chi connectivity index (χ1n) is 11.9. The van der Waals surface area contributed by atoms with Gasteiger partial charge in [-0.25, -0.2) is 0 Å². The maximum absolute atomic E-state index is 11.1. The van der Waals surface area contributed by atoms with E-state index in [0.29, 0.717) is 0 Å². The Kier molecular flexibility index (Phi) is 8.44. The van der Waals surface area contributed by atoms with E-state index in [1.807, 2.05) is 52.0 Å². The zero-order valence-electron chi connectivity index (χ0n) is 20.4. The van der Waals surface area contributed by atoms with Crippen LogP contribution in [0.2, 0.25) is 0 Å². The summed E-state index contributed by atoms with van der Waals surface area (Å²) in [5.41, 5.74) is 1.85. The van der Waals surface area contributed by atoms with Gasteiger partial charge >= 0.3 is 0 Å². The summed E-state index contributed by atoms with van der Waals surface area (Å²) in [6.45, 7) is 11.7. The second-order valence-corrected chi connectivity index (χ2v) is 9.64. The lowest BCUT2D eigenvalue weighted by Gasteiger charge is -2.39. The summed E-state index contributed by atoms with van der Waals surface area (Å²) in [4.78, 5) is 4.65. The van der Waals surface area contributed by atoms with Crippen LogP contribution in [0.25, 0.3) is 0 Å². The van der Waals surface area contributed by atoms with Crippen LogP contribution in [0, 0.1) is 0 Å². The zero-order valence-corrected chi connectivity index (χ0v) is 20.4. The topological polar surface area (TPSA) is 45.2 Å². The van der Waals surface area contributed by atoms with Crippen LogP contribution in [-0.4, -0.2) is 54.5 Å². The van der Waals surface area contributed by atoms with Gasteiger partial charge in [0.05, 0.1) is 17.8 Å². The van der Waals surface area contributed by atoms with Gasteiger partial charge in [-0.2, -0.15) is 0 Å². The van der Waals surface area contributed by atoms with E-state index in [1.54, 1.807) is 0 Å². The van der Waals surface area contributed by atoms with Crippen LogP contribution in [0.1, 0.15) is 52.5 Å². The molecule has 1 heterocycles. The maximum Gasteiger partial charge on any atom is 0.119 e. The Morgan fingerprint density at radius 2 is 1.38 bits per heavy atom. The molecule has 3 rings (SSSR count). The second-order valence-electron chi connectivity index (χ2n) is 9.64. The Labute approximate surface area is 193 Å². The Morgan fingerprint density at radius 1 is 0.875 bits per heavy atom. The fourth-order valence-corrected chi connectivity index (χ4v) is 4.14. The van der Waals surface area contributed by atoms with Gasteiger partial charge in [0.15, 0.2) is 0 Å². The summed E-state index contributed by atoms with van der Waals surface area (Å²) < 4.78 is 11.5. The van der Waals surface area contributed by atoms with Crippen LogP contribution < -0.4 is 14.4 Å². The van der Waals surface area contributed by atoms with Gasteiger partial charge in [0.1, 0.15) is 11.5 Å². The molecule has 32 heavy (non-hydrogen) atoms. The molecule has 0 amide bonds. The summed E-state index contributed by atoms with van der Waals surface area (Å²) in [6.07, 6.45) is 2.78. The molecule has 0 unspecified atom stereocenters. The Hall–Kier alpha value is -2.24. The van der Waals surface area contributed by atoms with E-state index in [0.717, 1.165) is 62.6 Å². The molecule has 2 aromatic carbocycles. The highest BCUT2D eigenvalue weighted by Crippen LogP contribution is 2.28. The third-order valence-electron chi connectivity index (χ3n) is 6.05. The predicted molar refractivity (Wildman–Crippen MR) is 132 cm³/mol. The van der Waals surface area contributed by atoms with E-state index in [4.69, 9.17) is 9.47 Å². The number of likely N-dealkylation sites (tertiary alicyclic amines) is 1. The standard InChI is InChI=1S/C27H40N2O3/c1-21(2)31-25-10-6-23(7-11-25)20-29-18-15-27(30,16-19-29)14-17-28(5)24-8-12-26(13-9-24)32-22(3)4/h6-13,21-22,30H,14-20H2,1-5H3. The van der Waals surface area contributed by atoms with Gasteiger partial charge in [-0.05, 0) is 88.9 Å². The smallest absolute Gasteiger partial charge is 0.119 e. The first-order valence-corrected chi connectivity index (χ1v) is 11.9. The third kappa shape index (κ3) is 7.42. The molecule has 2 aromatic rings. The van der Waals surface area contributed by atoms with Gasteiger partial charge in [0.2, 0.25) is 0 Å². The lowest BCUT2D eigenvalue weighted by Crippen LogP contribution is -2.45. The average molecular weight is 441 g/mol. The van der Waals surface area contributed by atoms with Crippen molar-refractivity contribution in [1.29, 1.82) is 0 Å². The lowest BCUT2D eigenvalue weighted by molar-refractivity contribution is -0.0275. The molecule has 1 fully saturated rings. The van der Waals surface area contributed by atoms with Gasteiger partial charge in [-0.15, -0.1) is 0 Å². The van der Waals surface area contributed by atoms with Crippen LogP contribution in [0.5, 0.6) is 11.5 Å². The van der Waals surface area contributed by atoms with Crippen LogP contribution in [-0.2, 0) is 6.54 Å². The molecular weight excluding hydrogens is 400 g/mol. The number of piperidine rings is 1. The van der Waals surface area contributed by atoms with Crippen molar-refractivity contribution in [2.45, 2.75) is 71.3 Å². The van der Waals surface area contributed by atoms with Crippen molar-refractivity contribution in [2.24, 2.45) is 0 Å². The molecule has 1 saturated heterocycles. The van der Waals surface area contributed by atoms with E-state index in [-0.39, 0.29) is 12.2 Å². The van der Waals surface area contributed by atoms with Crippen molar-refractivity contribution >= 4 is 5.69 Å². The van der Waals surface area contributed by atoms with Gasteiger partial charge < -0.3 is 19.5 Å². The second kappa shape index (κ2) is 11.1. The van der Waals surface area contributed by atoms with Crippen molar-refractivity contribution in [2.75, 3.05) is 31.6 Å². The minimum absolute atomic E-state index is 0.178. The minimum atomic E-state index is -0.583. The first-order chi connectivity index (χ1) is 15.2. The van der Waals surface area contributed by atoms with E-state index in [9.17, 15) is 5.11 Å².